The molecule has 0 aliphatic rings. The molecule has 0 aliphatic heterocycles. The number of benzene rings is 1. The van der Waals surface area contributed by atoms with Gasteiger partial charge in [-0.25, -0.2) is 13.0 Å². The van der Waals surface area contributed by atoms with Crippen LogP contribution in [0.4, 0.5) is 5.69 Å². The molecule has 2 rings (SSSR count). The molecule has 1 aromatic heterocycles. The van der Waals surface area contributed by atoms with Gasteiger partial charge in [0.25, 0.3) is 0 Å². The van der Waals surface area contributed by atoms with Crippen molar-refractivity contribution in [2.45, 2.75) is 97.4 Å². The fourth-order valence-corrected chi connectivity index (χ4v) is 6.09. The van der Waals surface area contributed by atoms with Crippen LogP contribution in [0.1, 0.15) is 102 Å². The summed E-state index contributed by atoms with van der Waals surface area (Å²) in [5.74, 6) is -0.769. The summed E-state index contributed by atoms with van der Waals surface area (Å²) in [5, 5.41) is 5.42. The van der Waals surface area contributed by atoms with Crippen molar-refractivity contribution in [3.05, 3.63) is 59.9 Å². The second-order valence-electron chi connectivity index (χ2n) is 13.4. The van der Waals surface area contributed by atoms with E-state index in [0.717, 1.165) is 31.6 Å². The van der Waals surface area contributed by atoms with Gasteiger partial charge in [0, 0.05) is 69.0 Å². The molecule has 1 aromatic carbocycles. The Balaban J connectivity index is 1.52. The number of anilines is 1. The van der Waals surface area contributed by atoms with Gasteiger partial charge in [-0.1, -0.05) is 76.7 Å². The summed E-state index contributed by atoms with van der Waals surface area (Å²) in [5.41, 5.74) is 3.64. The first-order chi connectivity index (χ1) is 26.2. The molecular formula is C41H66N4O8S. The average molecular weight is 775 g/mol. The van der Waals surface area contributed by atoms with Crippen LogP contribution in [0, 0.1) is 0 Å². The Morgan fingerprint density at radius 1 is 0.667 bits per heavy atom. The monoisotopic (exact) mass is 774 g/mol. The summed E-state index contributed by atoms with van der Waals surface area (Å²) in [6, 6.07) is 13.1. The summed E-state index contributed by atoms with van der Waals surface area (Å²) in [7, 11) is -4.26. The lowest BCUT2D eigenvalue weighted by atomic mass is 10.1. The number of carbonyl (C=O) groups is 2. The largest absolute Gasteiger partial charge is 0.748 e. The zero-order valence-corrected chi connectivity index (χ0v) is 33.6. The molecule has 0 spiro atoms. The highest BCUT2D eigenvalue weighted by Gasteiger charge is 2.08. The van der Waals surface area contributed by atoms with Crippen LogP contribution in [0.2, 0.25) is 0 Å². The third-order valence-electron chi connectivity index (χ3n) is 8.71. The zero-order chi connectivity index (χ0) is 39.1. The molecule has 13 heteroatoms. The number of unbranched alkanes of at least 4 members (excludes halogenated alkanes) is 6. The minimum absolute atomic E-state index is 0.00151. The number of carbonyl (C=O) groups excluding carboxylic acids is 2. The van der Waals surface area contributed by atoms with Gasteiger partial charge in [-0.3, -0.25) is 9.59 Å². The van der Waals surface area contributed by atoms with Gasteiger partial charge in [0.05, 0.1) is 49.8 Å². The van der Waals surface area contributed by atoms with Crippen LogP contribution in [0.5, 0.6) is 0 Å². The number of amides is 2. The van der Waals surface area contributed by atoms with Gasteiger partial charge < -0.3 is 34.3 Å². The Kier molecular flexibility index (Phi) is 25.9. The van der Waals surface area contributed by atoms with E-state index in [4.69, 9.17) is 14.2 Å². The first kappa shape index (κ1) is 46.8. The van der Waals surface area contributed by atoms with Crippen LogP contribution >= 0.6 is 0 Å². The number of hydrogen-bond donors (Lipinski definition) is 2. The fourth-order valence-electron chi connectivity index (χ4n) is 5.59. The molecule has 2 aromatic rings. The Labute approximate surface area is 324 Å². The minimum atomic E-state index is -4.26. The fraction of sp³-hybridized carbons (Fsp3) is 0.634. The molecule has 0 saturated carbocycles. The van der Waals surface area contributed by atoms with Crippen molar-refractivity contribution >= 4 is 39.8 Å². The lowest BCUT2D eigenvalue weighted by Gasteiger charge is -2.25. The third-order valence-corrected chi connectivity index (χ3v) is 9.49. The molecule has 0 bridgehead atoms. The van der Waals surface area contributed by atoms with E-state index in [-0.39, 0.29) is 37.8 Å². The topological polar surface area (TPSA) is 150 Å². The normalized spacial score (nSPS) is 11.6. The number of pyridine rings is 1. The summed E-state index contributed by atoms with van der Waals surface area (Å²) in [6.45, 7) is 10.2. The maximum absolute atomic E-state index is 12.2. The van der Waals surface area contributed by atoms with Gasteiger partial charge in [-0.2, -0.15) is 0 Å². The van der Waals surface area contributed by atoms with Crippen LogP contribution in [0.3, 0.4) is 0 Å². The standard InChI is InChI=1S/C41H66N4O8S/c1-3-5-7-9-26-45(27-10-8-6-4-2)39-18-16-37(17-19-39)14-15-38-20-28-44(29-21-38)25-11-13-40(46)43-24-31-52-33-35-53-34-32-51-30-22-41(47)42-23-12-36-54(48,49)50/h14-21,28-29H,3-13,22-27,30-36H2,1-2H3,(H2-,42,43,46,47,48,49,50). The molecule has 12 nitrogen and oxygen atoms in total. The Bertz CT molecular complexity index is 1390. The molecule has 54 heavy (non-hydrogen) atoms. The van der Waals surface area contributed by atoms with Crippen molar-refractivity contribution in [1.82, 2.24) is 10.6 Å². The van der Waals surface area contributed by atoms with E-state index in [9.17, 15) is 22.6 Å². The van der Waals surface area contributed by atoms with Gasteiger partial charge in [-0.05, 0) is 42.5 Å². The average Bonchev–Trinajstić information content (AvgIpc) is 3.16. The molecule has 0 fully saturated rings. The maximum atomic E-state index is 12.2. The van der Waals surface area contributed by atoms with Gasteiger partial charge in [0.1, 0.15) is 6.54 Å². The molecular weight excluding hydrogens is 709 g/mol. The van der Waals surface area contributed by atoms with Crippen LogP contribution in [-0.2, 0) is 40.5 Å². The number of ether oxygens (including phenoxy) is 3. The summed E-state index contributed by atoms with van der Waals surface area (Å²) in [4.78, 5) is 26.4. The second-order valence-corrected chi connectivity index (χ2v) is 14.9. The Morgan fingerprint density at radius 2 is 1.20 bits per heavy atom. The smallest absolute Gasteiger partial charge is 0.222 e. The number of aromatic nitrogens is 1. The third kappa shape index (κ3) is 24.9. The van der Waals surface area contributed by atoms with E-state index in [1.165, 1.54) is 62.6 Å². The Hall–Kier alpha value is -3.36. The minimum Gasteiger partial charge on any atom is -0.748 e. The Morgan fingerprint density at radius 3 is 1.80 bits per heavy atom. The van der Waals surface area contributed by atoms with Crippen molar-refractivity contribution < 1.29 is 41.3 Å². The number of hydrogen-bond acceptors (Lipinski definition) is 9. The summed E-state index contributed by atoms with van der Waals surface area (Å²) < 4.78 is 49.9. The lowest BCUT2D eigenvalue weighted by Crippen LogP contribution is -2.34. The summed E-state index contributed by atoms with van der Waals surface area (Å²) >= 11 is 0. The molecule has 0 aliphatic carbocycles. The number of aryl methyl sites for hydroxylation is 1. The lowest BCUT2D eigenvalue weighted by molar-refractivity contribution is -0.697. The zero-order valence-electron chi connectivity index (χ0n) is 32.8. The molecule has 0 radical (unpaired) electrons. The van der Waals surface area contributed by atoms with Gasteiger partial charge >= 0.3 is 0 Å². The molecule has 304 valence electrons. The summed E-state index contributed by atoms with van der Waals surface area (Å²) in [6.07, 6.45) is 20.1. The van der Waals surface area contributed by atoms with Gasteiger partial charge in [0.2, 0.25) is 11.8 Å². The highest BCUT2D eigenvalue weighted by molar-refractivity contribution is 7.85. The second kappa shape index (κ2) is 29.9. The molecule has 1 heterocycles. The van der Waals surface area contributed by atoms with Crippen LogP contribution in [0.15, 0.2) is 48.8 Å². The first-order valence-electron chi connectivity index (χ1n) is 19.9. The predicted octanol–water partition coefficient (Wildman–Crippen LogP) is 5.50. The highest BCUT2D eigenvalue weighted by Crippen LogP contribution is 2.19. The molecule has 0 unspecified atom stereocenters. The van der Waals surface area contributed by atoms with Crippen molar-refractivity contribution in [3.8, 4) is 0 Å². The van der Waals surface area contributed by atoms with E-state index >= 15 is 0 Å². The van der Waals surface area contributed by atoms with Crippen molar-refractivity contribution in [2.24, 2.45) is 0 Å². The SMILES string of the molecule is CCCCCCN(CCCCCC)c1ccc(/C=C/c2cc[n+](CCCC(=O)NCCOCCOCCOCCC(=O)NCCCS(=O)(=O)[O-])cc2)cc1. The van der Waals surface area contributed by atoms with E-state index in [1.807, 2.05) is 0 Å². The first-order valence-corrected chi connectivity index (χ1v) is 21.5. The highest BCUT2D eigenvalue weighted by atomic mass is 32.2. The van der Waals surface area contributed by atoms with Gasteiger partial charge in [-0.15, -0.1) is 0 Å². The van der Waals surface area contributed by atoms with E-state index in [0.29, 0.717) is 46.0 Å². The predicted molar refractivity (Wildman–Crippen MR) is 214 cm³/mol. The van der Waals surface area contributed by atoms with Crippen LogP contribution in [0.25, 0.3) is 12.2 Å². The van der Waals surface area contributed by atoms with E-state index in [2.05, 4.69) is 94.9 Å². The number of nitrogens with zero attached hydrogens (tertiary/aromatic N) is 2. The van der Waals surface area contributed by atoms with Crippen LogP contribution in [-0.4, -0.2) is 96.4 Å². The van der Waals surface area contributed by atoms with Crippen molar-refractivity contribution in [2.75, 3.05) is 76.5 Å². The van der Waals surface area contributed by atoms with Crippen molar-refractivity contribution in [1.29, 1.82) is 0 Å². The van der Waals surface area contributed by atoms with Crippen molar-refractivity contribution in [3.63, 3.8) is 0 Å². The van der Waals surface area contributed by atoms with E-state index < -0.39 is 15.9 Å². The molecule has 0 atom stereocenters. The number of rotatable bonds is 33. The molecule has 2 N–H and O–H groups in total. The van der Waals surface area contributed by atoms with E-state index in [1.54, 1.807) is 0 Å². The van der Waals surface area contributed by atoms with Crippen LogP contribution < -0.4 is 20.1 Å². The molecule has 2 amide bonds. The molecule has 0 saturated heterocycles. The quantitative estimate of drug-likeness (QED) is 0.0545. The number of nitrogens with one attached hydrogen (secondary N) is 2. The maximum Gasteiger partial charge on any atom is 0.222 e. The van der Waals surface area contributed by atoms with Gasteiger partial charge in [0.15, 0.2) is 12.4 Å².